The lowest BCUT2D eigenvalue weighted by Crippen LogP contribution is -2.51. The summed E-state index contributed by atoms with van der Waals surface area (Å²) in [4.78, 5) is 28.3. The van der Waals surface area contributed by atoms with Crippen molar-refractivity contribution in [2.24, 2.45) is 0 Å². The van der Waals surface area contributed by atoms with Crippen molar-refractivity contribution in [2.75, 3.05) is 13.2 Å². The zero-order valence-corrected chi connectivity index (χ0v) is 21.3. The van der Waals surface area contributed by atoms with Gasteiger partial charge in [0.15, 0.2) is 6.61 Å². The predicted molar refractivity (Wildman–Crippen MR) is 141 cm³/mol. The molecule has 5 nitrogen and oxygen atoms in total. The highest BCUT2D eigenvalue weighted by molar-refractivity contribution is 6.31. The van der Waals surface area contributed by atoms with Crippen LogP contribution in [0.15, 0.2) is 78.9 Å². The molecule has 3 aromatic carbocycles. The molecule has 3 aromatic rings. The summed E-state index contributed by atoms with van der Waals surface area (Å²) in [7, 11) is 0. The van der Waals surface area contributed by atoms with E-state index >= 15 is 0 Å². The minimum Gasteiger partial charge on any atom is -0.484 e. The van der Waals surface area contributed by atoms with E-state index in [1.807, 2.05) is 79.7 Å². The van der Waals surface area contributed by atoms with Gasteiger partial charge in [-0.15, -0.1) is 0 Å². The molecule has 6 heteroatoms. The molecule has 0 saturated heterocycles. The molecule has 0 fully saturated rings. The highest BCUT2D eigenvalue weighted by Gasteiger charge is 2.30. The molecule has 0 saturated carbocycles. The van der Waals surface area contributed by atoms with Crippen LogP contribution in [0, 0.1) is 0 Å². The number of nitrogens with zero attached hydrogens (tertiary/aromatic N) is 1. The third kappa shape index (κ3) is 7.59. The first-order valence-corrected chi connectivity index (χ1v) is 12.3. The topological polar surface area (TPSA) is 58.6 Å². The van der Waals surface area contributed by atoms with Crippen molar-refractivity contribution in [2.45, 2.75) is 45.7 Å². The van der Waals surface area contributed by atoms with Crippen LogP contribution in [0.1, 0.15) is 43.4 Å². The van der Waals surface area contributed by atoms with E-state index in [0.717, 1.165) is 11.1 Å². The summed E-state index contributed by atoms with van der Waals surface area (Å²) in [6.45, 7) is 6.60. The second-order valence-electron chi connectivity index (χ2n) is 8.73. The van der Waals surface area contributed by atoms with E-state index in [1.165, 1.54) is 5.56 Å². The van der Waals surface area contributed by atoms with Crippen molar-refractivity contribution < 1.29 is 14.3 Å². The molecule has 3 rings (SSSR count). The predicted octanol–water partition coefficient (Wildman–Crippen LogP) is 5.62. The normalized spacial score (nSPS) is 11.7. The number of benzene rings is 3. The largest absolute Gasteiger partial charge is 0.484 e. The quantitative estimate of drug-likeness (QED) is 0.378. The molecule has 0 bridgehead atoms. The van der Waals surface area contributed by atoms with Crippen LogP contribution in [-0.2, 0) is 22.6 Å². The number of hydrogen-bond donors (Lipinski definition) is 1. The molecule has 1 atom stereocenters. The van der Waals surface area contributed by atoms with E-state index in [2.05, 4.69) is 19.2 Å². The first-order chi connectivity index (χ1) is 16.9. The Morgan fingerprint density at radius 1 is 0.943 bits per heavy atom. The van der Waals surface area contributed by atoms with Gasteiger partial charge in [-0.3, -0.25) is 9.59 Å². The van der Waals surface area contributed by atoms with Crippen LogP contribution in [0.25, 0.3) is 0 Å². The Hall–Kier alpha value is -3.31. The molecule has 0 aliphatic rings. The van der Waals surface area contributed by atoms with Crippen molar-refractivity contribution in [1.82, 2.24) is 10.2 Å². The lowest BCUT2D eigenvalue weighted by molar-refractivity contribution is -0.142. The van der Waals surface area contributed by atoms with Gasteiger partial charge in [0, 0.05) is 24.5 Å². The van der Waals surface area contributed by atoms with Gasteiger partial charge in [-0.25, -0.2) is 0 Å². The molecule has 2 amide bonds. The van der Waals surface area contributed by atoms with Crippen LogP contribution < -0.4 is 10.1 Å². The van der Waals surface area contributed by atoms with Gasteiger partial charge in [-0.05, 0) is 47.7 Å². The highest BCUT2D eigenvalue weighted by atomic mass is 35.5. The summed E-state index contributed by atoms with van der Waals surface area (Å²) < 4.78 is 5.84. The maximum atomic E-state index is 13.5. The Balaban J connectivity index is 1.87. The summed E-state index contributed by atoms with van der Waals surface area (Å²) in [6, 6.07) is 24.1. The van der Waals surface area contributed by atoms with E-state index in [-0.39, 0.29) is 25.0 Å². The minimum atomic E-state index is -0.715. The summed E-state index contributed by atoms with van der Waals surface area (Å²) >= 11 is 6.42. The molecule has 35 heavy (non-hydrogen) atoms. The Labute approximate surface area is 213 Å². The van der Waals surface area contributed by atoms with Crippen LogP contribution in [0.5, 0.6) is 5.75 Å². The van der Waals surface area contributed by atoms with E-state index in [1.54, 1.807) is 11.0 Å². The Bertz CT molecular complexity index is 1100. The maximum absolute atomic E-state index is 13.5. The van der Waals surface area contributed by atoms with Crippen LogP contribution in [0.2, 0.25) is 5.02 Å². The average molecular weight is 493 g/mol. The number of ether oxygens (including phenoxy) is 1. The van der Waals surface area contributed by atoms with Crippen LogP contribution in [0.4, 0.5) is 0 Å². The lowest BCUT2D eigenvalue weighted by Gasteiger charge is -2.31. The van der Waals surface area contributed by atoms with Crippen molar-refractivity contribution in [3.8, 4) is 5.75 Å². The van der Waals surface area contributed by atoms with E-state index < -0.39 is 6.04 Å². The van der Waals surface area contributed by atoms with Crippen molar-refractivity contribution in [1.29, 1.82) is 0 Å². The van der Waals surface area contributed by atoms with Gasteiger partial charge in [-0.1, -0.05) is 86.1 Å². The summed E-state index contributed by atoms with van der Waals surface area (Å²) in [5, 5.41) is 3.43. The zero-order chi connectivity index (χ0) is 25.2. The molecule has 0 radical (unpaired) electrons. The molecule has 0 spiro atoms. The van der Waals surface area contributed by atoms with Gasteiger partial charge in [0.2, 0.25) is 5.91 Å². The fourth-order valence-electron chi connectivity index (χ4n) is 3.83. The second-order valence-corrected chi connectivity index (χ2v) is 9.13. The molecule has 0 heterocycles. The number of hydrogen-bond acceptors (Lipinski definition) is 3. The SMILES string of the molecule is CCNC(=O)[C@@H](Cc1ccccc1)N(Cc1ccccc1Cl)C(=O)COc1ccc(C(C)C)cc1. The lowest BCUT2D eigenvalue weighted by atomic mass is 10.0. The van der Waals surface area contributed by atoms with Gasteiger partial charge in [0.1, 0.15) is 11.8 Å². The molecular formula is C29H33ClN2O3. The number of likely N-dealkylation sites (N-methyl/N-ethyl adjacent to an activating group) is 1. The zero-order valence-electron chi connectivity index (χ0n) is 20.5. The molecule has 184 valence electrons. The molecule has 0 aliphatic heterocycles. The molecule has 0 aliphatic carbocycles. The van der Waals surface area contributed by atoms with Gasteiger partial charge >= 0.3 is 0 Å². The summed E-state index contributed by atoms with van der Waals surface area (Å²) in [5.74, 6) is 0.522. The van der Waals surface area contributed by atoms with Crippen LogP contribution in [-0.4, -0.2) is 35.9 Å². The van der Waals surface area contributed by atoms with Crippen LogP contribution >= 0.6 is 11.6 Å². The first kappa shape index (κ1) is 26.3. The Kier molecular flexibility index (Phi) is 9.74. The van der Waals surface area contributed by atoms with E-state index in [9.17, 15) is 9.59 Å². The van der Waals surface area contributed by atoms with Gasteiger partial charge in [-0.2, -0.15) is 0 Å². The number of rotatable bonds is 11. The monoisotopic (exact) mass is 492 g/mol. The van der Waals surface area contributed by atoms with E-state index in [0.29, 0.717) is 29.7 Å². The average Bonchev–Trinajstić information content (AvgIpc) is 2.86. The van der Waals surface area contributed by atoms with E-state index in [4.69, 9.17) is 16.3 Å². The Morgan fingerprint density at radius 2 is 1.60 bits per heavy atom. The third-order valence-corrected chi connectivity index (χ3v) is 6.20. The minimum absolute atomic E-state index is 0.184. The van der Waals surface area contributed by atoms with Crippen molar-refractivity contribution in [3.05, 3.63) is 101 Å². The summed E-state index contributed by atoms with van der Waals surface area (Å²) in [5.41, 5.74) is 2.93. The van der Waals surface area contributed by atoms with Crippen molar-refractivity contribution >= 4 is 23.4 Å². The first-order valence-electron chi connectivity index (χ1n) is 12.0. The fraction of sp³-hybridized carbons (Fsp3) is 0.310. The standard InChI is InChI=1S/C29H33ClN2O3/c1-4-31-29(34)27(18-22-10-6-5-7-11-22)32(19-24-12-8-9-13-26(24)30)28(33)20-35-25-16-14-23(15-17-25)21(2)3/h5-17,21,27H,4,18-20H2,1-3H3,(H,31,34)/t27-/m1/s1. The van der Waals surface area contributed by atoms with Gasteiger partial charge in [0.05, 0.1) is 0 Å². The molecule has 0 aromatic heterocycles. The number of carbonyl (C=O) groups is 2. The number of nitrogens with one attached hydrogen (secondary N) is 1. The van der Waals surface area contributed by atoms with Gasteiger partial charge < -0.3 is 15.0 Å². The fourth-order valence-corrected chi connectivity index (χ4v) is 4.03. The molecule has 0 unspecified atom stereocenters. The second kappa shape index (κ2) is 13.0. The Morgan fingerprint density at radius 3 is 2.23 bits per heavy atom. The molecule has 1 N–H and O–H groups in total. The number of carbonyl (C=O) groups excluding carboxylic acids is 2. The highest BCUT2D eigenvalue weighted by Crippen LogP contribution is 2.22. The number of halogens is 1. The van der Waals surface area contributed by atoms with Crippen molar-refractivity contribution in [3.63, 3.8) is 0 Å². The number of amides is 2. The maximum Gasteiger partial charge on any atom is 0.261 e. The molecular weight excluding hydrogens is 460 g/mol. The van der Waals surface area contributed by atoms with Crippen LogP contribution in [0.3, 0.4) is 0 Å². The van der Waals surface area contributed by atoms with Gasteiger partial charge in [0.25, 0.3) is 5.91 Å². The smallest absolute Gasteiger partial charge is 0.261 e. The summed E-state index contributed by atoms with van der Waals surface area (Å²) in [6.07, 6.45) is 0.381. The third-order valence-electron chi connectivity index (χ3n) is 5.83.